The fourth-order valence-electron chi connectivity index (χ4n) is 4.56. The number of rotatable bonds is 10. The third-order valence-electron chi connectivity index (χ3n) is 6.31. The first kappa shape index (κ1) is 32.7. The van der Waals surface area contributed by atoms with Gasteiger partial charge in [-0.2, -0.15) is 8.96 Å². The van der Waals surface area contributed by atoms with Gasteiger partial charge in [0.05, 0.1) is 35.8 Å². The molecule has 2 heterocycles. The van der Waals surface area contributed by atoms with Gasteiger partial charge < -0.3 is 23.9 Å². The van der Waals surface area contributed by atoms with Crippen molar-refractivity contribution in [2.45, 2.75) is 43.5 Å². The maximum atomic E-state index is 14.3. The summed E-state index contributed by atoms with van der Waals surface area (Å²) in [6, 6.07) is 7.66. The predicted octanol–water partition coefficient (Wildman–Crippen LogP) is 3.04. The molecule has 0 spiro atoms. The van der Waals surface area contributed by atoms with E-state index >= 15 is 0 Å². The van der Waals surface area contributed by atoms with Crippen LogP contribution in [-0.4, -0.2) is 88.4 Å². The van der Waals surface area contributed by atoms with Crippen LogP contribution in [0.5, 0.6) is 17.2 Å². The number of fused-ring (bicyclic) bond motifs is 1. The van der Waals surface area contributed by atoms with Crippen molar-refractivity contribution in [3.8, 4) is 17.2 Å². The Bertz CT molecular complexity index is 1700. The summed E-state index contributed by atoms with van der Waals surface area (Å²) in [5, 5.41) is 8.76. The Morgan fingerprint density at radius 2 is 1.68 bits per heavy atom. The van der Waals surface area contributed by atoms with Crippen LogP contribution in [0.3, 0.4) is 0 Å². The molecule has 0 aliphatic rings. The van der Waals surface area contributed by atoms with Crippen molar-refractivity contribution in [2.24, 2.45) is 0 Å². The molecular formula is C27H30N3NaO8S2. The van der Waals surface area contributed by atoms with E-state index in [1.54, 1.807) is 39.1 Å². The molecule has 2 aromatic carbocycles. The molecule has 0 aliphatic heterocycles. The number of aliphatic carboxylic acids is 1. The maximum absolute atomic E-state index is 14.3. The number of nitrogens with zero attached hydrogens (tertiary/aromatic N) is 3. The first-order valence-corrected chi connectivity index (χ1v) is 14.8. The summed E-state index contributed by atoms with van der Waals surface area (Å²) in [6.45, 7) is 6.24. The molecule has 0 saturated heterocycles. The zero-order chi connectivity index (χ0) is 29.4. The number of carboxylic acids is 1. The topological polar surface area (TPSA) is 153 Å². The average molecular weight is 612 g/mol. The number of carbonyl (C=O) groups is 1. The van der Waals surface area contributed by atoms with Gasteiger partial charge in [-0.25, -0.2) is 13.2 Å². The molecule has 0 bridgehead atoms. The van der Waals surface area contributed by atoms with E-state index in [2.05, 4.69) is 9.97 Å². The number of carboxylic acid groups (broad SMARTS) is 1. The Labute approximate surface area is 263 Å². The number of pyridine rings is 1. The molecule has 0 radical (unpaired) electrons. The molecule has 214 valence electrons. The van der Waals surface area contributed by atoms with E-state index in [0.717, 1.165) is 9.54 Å². The van der Waals surface area contributed by atoms with Crippen LogP contribution < -0.4 is 14.2 Å². The second kappa shape index (κ2) is 13.0. The number of benzene rings is 2. The Morgan fingerprint density at radius 3 is 2.27 bits per heavy atom. The number of aromatic nitrogens is 3. The Balaban J connectivity index is 0.00000462. The summed E-state index contributed by atoms with van der Waals surface area (Å²) in [7, 11) is -1.37. The van der Waals surface area contributed by atoms with Gasteiger partial charge in [0.25, 0.3) is 10.0 Å². The first-order chi connectivity index (χ1) is 18.9. The van der Waals surface area contributed by atoms with Crippen LogP contribution >= 0.6 is 0 Å². The molecule has 41 heavy (non-hydrogen) atoms. The normalized spacial score (nSPS) is 12.1. The standard InChI is InChI=1S/C27H29N3O8S2.Na.H/c1-15-9-20(38-13-24(31)32)10-16(2)26(15)40(34,35)30-23-11-19(36-5)7-8-21(23)29-27(30)39(33)14-22-18(4)25(37-6)17(3)12-28-22;;/h7-12H,13-14H2,1-6H3,(H,31,32);;. The van der Waals surface area contributed by atoms with Crippen molar-refractivity contribution in [3.05, 3.63) is 64.5 Å². The zero-order valence-electron chi connectivity index (χ0n) is 22.8. The second-order valence-corrected chi connectivity index (χ2v) is 12.2. The molecule has 0 fully saturated rings. The number of hydrogen-bond donors (Lipinski definition) is 1. The second-order valence-electron chi connectivity index (χ2n) is 9.12. The quantitative estimate of drug-likeness (QED) is 0.209. The van der Waals surface area contributed by atoms with Gasteiger partial charge in [0.15, 0.2) is 12.4 Å². The minimum atomic E-state index is -4.37. The fraction of sp³-hybridized carbons (Fsp3) is 0.296. The van der Waals surface area contributed by atoms with Gasteiger partial charge in [-0.15, -0.1) is 0 Å². The third kappa shape index (κ3) is 6.50. The van der Waals surface area contributed by atoms with Crippen molar-refractivity contribution >= 4 is 67.8 Å². The van der Waals surface area contributed by atoms with E-state index in [-0.39, 0.29) is 56.6 Å². The molecule has 14 heteroatoms. The van der Waals surface area contributed by atoms with Gasteiger partial charge in [0.1, 0.15) is 17.2 Å². The molecule has 0 aliphatic carbocycles. The molecule has 4 rings (SSSR count). The van der Waals surface area contributed by atoms with Crippen molar-refractivity contribution in [3.63, 3.8) is 0 Å². The summed E-state index contributed by atoms with van der Waals surface area (Å²) < 4.78 is 59.4. The Kier molecular flexibility index (Phi) is 10.4. The first-order valence-electron chi connectivity index (χ1n) is 12.0. The van der Waals surface area contributed by atoms with Crippen LogP contribution in [0.4, 0.5) is 0 Å². The minimum absolute atomic E-state index is 0. The van der Waals surface area contributed by atoms with Gasteiger partial charge in [0, 0.05) is 34.6 Å². The van der Waals surface area contributed by atoms with Gasteiger partial charge >= 0.3 is 40.7 Å². The van der Waals surface area contributed by atoms with Crippen LogP contribution in [0.25, 0.3) is 11.0 Å². The van der Waals surface area contributed by atoms with E-state index in [1.165, 1.54) is 32.4 Å². The van der Waals surface area contributed by atoms with Crippen LogP contribution in [0.1, 0.15) is 27.9 Å². The Hall–Kier alpha value is -2.81. The van der Waals surface area contributed by atoms with Crippen molar-refractivity contribution in [2.75, 3.05) is 20.8 Å². The molecule has 0 amide bonds. The monoisotopic (exact) mass is 611 g/mol. The van der Waals surface area contributed by atoms with Crippen molar-refractivity contribution in [1.29, 1.82) is 0 Å². The SMILES string of the molecule is COc1ccc2nc([S+]([O-])Cc3ncc(C)c(OC)c3C)n(S(=O)(=O)c3c(C)cc(OCC(=O)O)cc3C)c2c1.[NaH]. The summed E-state index contributed by atoms with van der Waals surface area (Å²) in [6.07, 6.45) is 1.61. The van der Waals surface area contributed by atoms with Gasteiger partial charge in [-0.3, -0.25) is 4.98 Å². The van der Waals surface area contributed by atoms with E-state index in [9.17, 15) is 17.8 Å². The Morgan fingerprint density at radius 1 is 1.02 bits per heavy atom. The van der Waals surface area contributed by atoms with Crippen LogP contribution in [0.15, 0.2) is 46.6 Å². The fourth-order valence-corrected chi connectivity index (χ4v) is 8.02. The molecule has 2 aromatic heterocycles. The molecule has 11 nitrogen and oxygen atoms in total. The van der Waals surface area contributed by atoms with Gasteiger partial charge in [-0.05, 0) is 63.1 Å². The number of methoxy groups -OCH3 is 2. The van der Waals surface area contributed by atoms with Crippen molar-refractivity contribution in [1.82, 2.24) is 13.9 Å². The van der Waals surface area contributed by atoms with Crippen LogP contribution in [0.2, 0.25) is 0 Å². The van der Waals surface area contributed by atoms with E-state index in [1.807, 2.05) is 6.92 Å². The summed E-state index contributed by atoms with van der Waals surface area (Å²) in [4.78, 5) is 19.8. The predicted molar refractivity (Wildman–Crippen MR) is 155 cm³/mol. The molecule has 1 atom stereocenters. The third-order valence-corrected chi connectivity index (χ3v) is 9.65. The van der Waals surface area contributed by atoms with E-state index in [0.29, 0.717) is 39.4 Å². The van der Waals surface area contributed by atoms with Crippen molar-refractivity contribution < 1.29 is 37.1 Å². The number of aryl methyl sites for hydroxylation is 3. The number of ether oxygens (including phenoxy) is 3. The molecular weight excluding hydrogens is 581 g/mol. The van der Waals surface area contributed by atoms with Crippen LogP contribution in [0, 0.1) is 27.7 Å². The molecule has 0 saturated carbocycles. The van der Waals surface area contributed by atoms with Gasteiger partial charge in [-0.1, -0.05) is 0 Å². The summed E-state index contributed by atoms with van der Waals surface area (Å²) >= 11 is -1.94. The van der Waals surface area contributed by atoms with E-state index in [4.69, 9.17) is 19.3 Å². The number of hydrogen-bond acceptors (Lipinski definition) is 9. The molecule has 4 aromatic rings. The van der Waals surface area contributed by atoms with Crippen LogP contribution in [-0.2, 0) is 31.7 Å². The van der Waals surface area contributed by atoms with Gasteiger partial charge in [0.2, 0.25) is 0 Å². The summed E-state index contributed by atoms with van der Waals surface area (Å²) in [5.74, 6) is -0.0310. The molecule has 1 N–H and O–H groups in total. The average Bonchev–Trinajstić information content (AvgIpc) is 3.28. The van der Waals surface area contributed by atoms with E-state index < -0.39 is 33.8 Å². The zero-order valence-corrected chi connectivity index (χ0v) is 24.5. The summed E-state index contributed by atoms with van der Waals surface area (Å²) in [5.41, 5.74) is 3.16. The molecule has 1 unspecified atom stereocenters. The number of imidazole rings is 1.